The molecule has 1 fully saturated rings. The average Bonchev–Trinajstić information content (AvgIpc) is 2.44. The van der Waals surface area contributed by atoms with Gasteiger partial charge in [0.2, 0.25) is 0 Å². The van der Waals surface area contributed by atoms with Crippen LogP contribution in [-0.4, -0.2) is 41.9 Å². The maximum Gasteiger partial charge on any atom is 0.138 e. The van der Waals surface area contributed by atoms with Gasteiger partial charge in [-0.05, 0) is 31.5 Å². The lowest BCUT2D eigenvalue weighted by atomic mass is 10.0. The molecule has 114 valence electrons. The molecule has 0 unspecified atom stereocenters. The molecule has 1 aliphatic heterocycles. The van der Waals surface area contributed by atoms with Crippen LogP contribution in [0.1, 0.15) is 31.4 Å². The van der Waals surface area contributed by atoms with Crippen molar-refractivity contribution in [2.75, 3.05) is 26.4 Å². The quantitative estimate of drug-likeness (QED) is 0.866. The molecule has 21 heavy (non-hydrogen) atoms. The van der Waals surface area contributed by atoms with E-state index in [9.17, 15) is 4.39 Å². The molecule has 3 nitrogen and oxygen atoms in total. The van der Waals surface area contributed by atoms with E-state index in [-0.39, 0.29) is 18.0 Å². The summed E-state index contributed by atoms with van der Waals surface area (Å²) in [6, 6.07) is 5.06. The summed E-state index contributed by atoms with van der Waals surface area (Å²) in [4.78, 5) is 2.34. The Morgan fingerprint density at radius 1 is 1.43 bits per heavy atom. The van der Waals surface area contributed by atoms with E-state index in [2.05, 4.69) is 30.6 Å². The van der Waals surface area contributed by atoms with E-state index in [1.54, 1.807) is 12.1 Å². The number of benzene rings is 1. The molecule has 0 radical (unpaired) electrons. The summed E-state index contributed by atoms with van der Waals surface area (Å²) in [5.74, 6) is 5.24. The first-order chi connectivity index (χ1) is 10.0. The van der Waals surface area contributed by atoms with Crippen molar-refractivity contribution in [3.63, 3.8) is 0 Å². The Balaban J connectivity index is 2.14. The van der Waals surface area contributed by atoms with Gasteiger partial charge in [0.05, 0.1) is 25.4 Å². The number of morpholine rings is 1. The standard InChI is InChI=1S/C17H22FNO2/c1-17(2)13-21-10-8-19(17)12-14-6-7-16(18)15(11-14)5-3-4-9-20/h6-7,11,20H,4,8-10,12-13H2,1-2H3. The Labute approximate surface area is 125 Å². The highest BCUT2D eigenvalue weighted by Crippen LogP contribution is 2.22. The molecular weight excluding hydrogens is 269 g/mol. The van der Waals surface area contributed by atoms with Crippen molar-refractivity contribution in [1.82, 2.24) is 4.90 Å². The Hall–Kier alpha value is -1.41. The number of rotatable bonds is 3. The maximum absolute atomic E-state index is 13.7. The molecule has 1 heterocycles. The monoisotopic (exact) mass is 291 g/mol. The minimum Gasteiger partial charge on any atom is -0.395 e. The molecule has 0 spiro atoms. The molecule has 1 aromatic carbocycles. The summed E-state index contributed by atoms with van der Waals surface area (Å²) >= 11 is 0. The molecule has 1 N–H and O–H groups in total. The first-order valence-electron chi connectivity index (χ1n) is 7.24. The minimum absolute atomic E-state index is 0.00369. The predicted octanol–water partition coefficient (Wildman–Crippen LogP) is 2.17. The zero-order chi connectivity index (χ0) is 15.3. The summed E-state index contributed by atoms with van der Waals surface area (Å²) in [6.07, 6.45) is 0.361. The molecule has 1 saturated heterocycles. The second kappa shape index (κ2) is 7.04. The summed E-state index contributed by atoms with van der Waals surface area (Å²) in [6.45, 7) is 7.36. The van der Waals surface area contributed by atoms with Crippen LogP contribution in [0, 0.1) is 17.7 Å². The summed E-state index contributed by atoms with van der Waals surface area (Å²) < 4.78 is 19.2. The number of aliphatic hydroxyl groups is 1. The molecule has 0 amide bonds. The lowest BCUT2D eigenvalue weighted by Gasteiger charge is -2.42. The molecule has 0 aromatic heterocycles. The van der Waals surface area contributed by atoms with E-state index in [4.69, 9.17) is 9.84 Å². The van der Waals surface area contributed by atoms with Crippen molar-refractivity contribution in [1.29, 1.82) is 0 Å². The molecule has 0 saturated carbocycles. The molecule has 1 aromatic rings. The highest BCUT2D eigenvalue weighted by atomic mass is 19.1. The lowest BCUT2D eigenvalue weighted by Crippen LogP contribution is -2.52. The van der Waals surface area contributed by atoms with Crippen LogP contribution in [0.4, 0.5) is 4.39 Å². The number of hydrogen-bond acceptors (Lipinski definition) is 3. The van der Waals surface area contributed by atoms with Crippen LogP contribution in [0.5, 0.6) is 0 Å². The van der Waals surface area contributed by atoms with Gasteiger partial charge in [0, 0.05) is 25.0 Å². The van der Waals surface area contributed by atoms with E-state index in [0.29, 0.717) is 18.6 Å². The third kappa shape index (κ3) is 4.28. The molecule has 0 bridgehead atoms. The second-order valence-corrected chi connectivity index (χ2v) is 5.88. The number of nitrogens with zero attached hydrogens (tertiary/aromatic N) is 1. The first-order valence-corrected chi connectivity index (χ1v) is 7.24. The predicted molar refractivity (Wildman–Crippen MR) is 80.3 cm³/mol. The van der Waals surface area contributed by atoms with Gasteiger partial charge < -0.3 is 9.84 Å². The van der Waals surface area contributed by atoms with Gasteiger partial charge in [-0.25, -0.2) is 4.39 Å². The summed E-state index contributed by atoms with van der Waals surface area (Å²) in [5, 5.41) is 8.73. The molecule has 2 rings (SSSR count). The molecule has 0 atom stereocenters. The number of ether oxygens (including phenoxy) is 1. The van der Waals surface area contributed by atoms with Gasteiger partial charge in [0.15, 0.2) is 0 Å². The Bertz CT molecular complexity index is 545. The molecule has 1 aliphatic rings. The normalized spacial score (nSPS) is 18.1. The third-order valence-corrected chi connectivity index (χ3v) is 3.68. The largest absolute Gasteiger partial charge is 0.395 e. The van der Waals surface area contributed by atoms with Gasteiger partial charge in [0.1, 0.15) is 5.82 Å². The van der Waals surface area contributed by atoms with Gasteiger partial charge in [-0.15, -0.1) is 0 Å². The Morgan fingerprint density at radius 3 is 2.95 bits per heavy atom. The van der Waals surface area contributed by atoms with E-state index >= 15 is 0 Å². The van der Waals surface area contributed by atoms with Gasteiger partial charge in [-0.3, -0.25) is 4.90 Å². The lowest BCUT2D eigenvalue weighted by molar-refractivity contribution is -0.0552. The average molecular weight is 291 g/mol. The van der Waals surface area contributed by atoms with Crippen LogP contribution >= 0.6 is 0 Å². The smallest absolute Gasteiger partial charge is 0.138 e. The molecule has 0 aliphatic carbocycles. The van der Waals surface area contributed by atoms with Crippen LogP contribution in [0.15, 0.2) is 18.2 Å². The van der Waals surface area contributed by atoms with E-state index < -0.39 is 0 Å². The zero-order valence-electron chi connectivity index (χ0n) is 12.7. The van der Waals surface area contributed by atoms with Crippen LogP contribution in [0.2, 0.25) is 0 Å². The van der Waals surface area contributed by atoms with Crippen molar-refractivity contribution in [2.45, 2.75) is 32.4 Å². The summed E-state index contributed by atoms with van der Waals surface area (Å²) in [7, 11) is 0. The minimum atomic E-state index is -0.314. The van der Waals surface area contributed by atoms with Crippen LogP contribution in [0.3, 0.4) is 0 Å². The molecular formula is C17H22FNO2. The van der Waals surface area contributed by atoms with E-state index in [1.807, 2.05) is 0 Å². The number of halogens is 1. The Kier molecular flexibility index (Phi) is 5.35. The van der Waals surface area contributed by atoms with Crippen molar-refractivity contribution < 1.29 is 14.2 Å². The maximum atomic E-state index is 13.7. The van der Waals surface area contributed by atoms with Gasteiger partial charge in [0.25, 0.3) is 0 Å². The fourth-order valence-electron chi connectivity index (χ4n) is 2.38. The molecule has 4 heteroatoms. The Morgan fingerprint density at radius 2 is 2.24 bits per heavy atom. The van der Waals surface area contributed by atoms with E-state index in [1.165, 1.54) is 6.07 Å². The highest BCUT2D eigenvalue weighted by molar-refractivity contribution is 5.38. The third-order valence-electron chi connectivity index (χ3n) is 3.68. The van der Waals surface area contributed by atoms with Crippen molar-refractivity contribution in [3.8, 4) is 11.8 Å². The highest BCUT2D eigenvalue weighted by Gasteiger charge is 2.30. The van der Waals surface area contributed by atoms with Crippen molar-refractivity contribution in [2.24, 2.45) is 0 Å². The van der Waals surface area contributed by atoms with Gasteiger partial charge >= 0.3 is 0 Å². The van der Waals surface area contributed by atoms with Gasteiger partial charge in [-0.2, -0.15) is 0 Å². The van der Waals surface area contributed by atoms with Crippen molar-refractivity contribution in [3.05, 3.63) is 35.1 Å². The fourth-order valence-corrected chi connectivity index (χ4v) is 2.38. The van der Waals surface area contributed by atoms with Crippen molar-refractivity contribution >= 4 is 0 Å². The van der Waals surface area contributed by atoms with Gasteiger partial charge in [-0.1, -0.05) is 17.9 Å². The summed E-state index contributed by atoms with van der Waals surface area (Å²) in [5.41, 5.74) is 1.42. The zero-order valence-corrected chi connectivity index (χ0v) is 12.7. The SMILES string of the molecule is CC1(C)COCCN1Cc1ccc(F)c(C#CCCO)c1. The van der Waals surface area contributed by atoms with Crippen LogP contribution in [-0.2, 0) is 11.3 Å². The van der Waals surface area contributed by atoms with Crippen LogP contribution in [0.25, 0.3) is 0 Å². The number of hydrogen-bond donors (Lipinski definition) is 1. The second-order valence-electron chi connectivity index (χ2n) is 5.88. The number of aliphatic hydroxyl groups excluding tert-OH is 1. The van der Waals surface area contributed by atoms with E-state index in [0.717, 1.165) is 25.3 Å². The first kappa shape index (κ1) is 16.0. The topological polar surface area (TPSA) is 32.7 Å². The fraction of sp³-hybridized carbons (Fsp3) is 0.529. The van der Waals surface area contributed by atoms with Crippen LogP contribution < -0.4 is 0 Å².